The highest BCUT2D eigenvalue weighted by Crippen LogP contribution is 2.18. The average molecular weight is 291 g/mol. The molecule has 1 aromatic heterocycles. The molecule has 8 heteroatoms. The third-order valence-corrected chi connectivity index (χ3v) is 3.16. The number of ether oxygens (including phenoxy) is 1. The SMILES string of the molecule is CCN(CC)c1nc(Cl)nc(SCC(=O)OC)n1. The summed E-state index contributed by atoms with van der Waals surface area (Å²) in [4.78, 5) is 25.3. The highest BCUT2D eigenvalue weighted by Gasteiger charge is 2.11. The monoisotopic (exact) mass is 290 g/mol. The standard InChI is InChI=1S/C10H15ClN4O2S/c1-4-15(5-2)9-12-8(11)13-10(14-9)18-6-7(16)17-3/h4-6H2,1-3H3. The molecule has 18 heavy (non-hydrogen) atoms. The van der Waals surface area contributed by atoms with Gasteiger partial charge in [-0.05, 0) is 25.4 Å². The highest BCUT2D eigenvalue weighted by atomic mass is 35.5. The van der Waals surface area contributed by atoms with Gasteiger partial charge in [-0.2, -0.15) is 15.0 Å². The fraction of sp³-hybridized carbons (Fsp3) is 0.600. The van der Waals surface area contributed by atoms with Crippen molar-refractivity contribution >= 4 is 35.3 Å². The van der Waals surface area contributed by atoms with Crippen LogP contribution in [-0.4, -0.2) is 46.9 Å². The van der Waals surface area contributed by atoms with E-state index in [4.69, 9.17) is 11.6 Å². The topological polar surface area (TPSA) is 68.2 Å². The fourth-order valence-corrected chi connectivity index (χ4v) is 2.08. The number of hydrogen-bond acceptors (Lipinski definition) is 7. The number of esters is 1. The average Bonchev–Trinajstić information content (AvgIpc) is 2.37. The lowest BCUT2D eigenvalue weighted by Crippen LogP contribution is -2.24. The number of hydrogen-bond donors (Lipinski definition) is 0. The third kappa shape index (κ3) is 4.30. The molecule has 1 heterocycles. The van der Waals surface area contributed by atoms with E-state index in [1.807, 2.05) is 18.7 Å². The number of halogens is 1. The van der Waals surface area contributed by atoms with Crippen LogP contribution in [0.15, 0.2) is 5.16 Å². The number of carbonyl (C=O) groups excluding carboxylic acids is 1. The Balaban J connectivity index is 2.83. The number of carbonyl (C=O) groups is 1. The molecule has 0 amide bonds. The van der Waals surface area contributed by atoms with Crippen LogP contribution in [0.1, 0.15) is 13.8 Å². The minimum Gasteiger partial charge on any atom is -0.468 e. The van der Waals surface area contributed by atoms with Gasteiger partial charge in [-0.1, -0.05) is 11.8 Å². The number of anilines is 1. The molecule has 0 fully saturated rings. The number of nitrogens with zero attached hydrogens (tertiary/aromatic N) is 4. The van der Waals surface area contributed by atoms with Gasteiger partial charge in [0.2, 0.25) is 11.2 Å². The largest absolute Gasteiger partial charge is 0.468 e. The van der Waals surface area contributed by atoms with E-state index in [-0.39, 0.29) is 17.0 Å². The van der Waals surface area contributed by atoms with Crippen LogP contribution in [0, 0.1) is 0 Å². The molecule has 0 bridgehead atoms. The maximum absolute atomic E-state index is 11.0. The first-order valence-corrected chi connectivity index (χ1v) is 6.83. The zero-order valence-electron chi connectivity index (χ0n) is 10.5. The van der Waals surface area contributed by atoms with E-state index in [0.29, 0.717) is 11.1 Å². The van der Waals surface area contributed by atoms with Crippen LogP contribution in [0.2, 0.25) is 5.28 Å². The van der Waals surface area contributed by atoms with Crippen molar-refractivity contribution in [1.29, 1.82) is 0 Å². The molecule has 0 atom stereocenters. The van der Waals surface area contributed by atoms with Gasteiger partial charge >= 0.3 is 5.97 Å². The molecule has 6 nitrogen and oxygen atoms in total. The summed E-state index contributed by atoms with van der Waals surface area (Å²) in [5, 5.41) is 0.543. The minimum atomic E-state index is -0.332. The first-order chi connectivity index (χ1) is 8.60. The molecule has 0 aliphatic heterocycles. The molecule has 0 radical (unpaired) electrons. The van der Waals surface area contributed by atoms with E-state index in [2.05, 4.69) is 19.7 Å². The quantitative estimate of drug-likeness (QED) is 0.582. The van der Waals surface area contributed by atoms with E-state index in [1.54, 1.807) is 0 Å². The lowest BCUT2D eigenvalue weighted by atomic mass is 10.5. The number of aromatic nitrogens is 3. The Bertz CT molecular complexity index is 415. The molecule has 0 spiro atoms. The van der Waals surface area contributed by atoms with Gasteiger partial charge in [0.15, 0.2) is 5.16 Å². The normalized spacial score (nSPS) is 10.2. The minimum absolute atomic E-state index is 0.124. The van der Waals surface area contributed by atoms with Gasteiger partial charge in [0.1, 0.15) is 0 Å². The van der Waals surface area contributed by atoms with E-state index in [0.717, 1.165) is 13.1 Å². The Hall–Kier alpha value is -1.08. The number of methoxy groups -OCH3 is 1. The molecule has 0 saturated carbocycles. The molecular formula is C10H15ClN4O2S. The van der Waals surface area contributed by atoms with E-state index < -0.39 is 0 Å². The molecule has 0 aliphatic carbocycles. The molecule has 100 valence electrons. The second kappa shape index (κ2) is 7.38. The smallest absolute Gasteiger partial charge is 0.316 e. The predicted molar refractivity (Wildman–Crippen MR) is 71.1 cm³/mol. The molecule has 1 aromatic rings. The van der Waals surface area contributed by atoms with Crippen LogP contribution < -0.4 is 4.90 Å². The summed E-state index contributed by atoms with van der Waals surface area (Å²) < 4.78 is 4.55. The summed E-state index contributed by atoms with van der Waals surface area (Å²) in [5.41, 5.74) is 0. The van der Waals surface area contributed by atoms with Crippen molar-refractivity contribution in [2.24, 2.45) is 0 Å². The van der Waals surface area contributed by atoms with Gasteiger partial charge < -0.3 is 9.64 Å². The summed E-state index contributed by atoms with van der Waals surface area (Å²) in [6, 6.07) is 0. The highest BCUT2D eigenvalue weighted by molar-refractivity contribution is 7.99. The molecule has 0 N–H and O–H groups in total. The first-order valence-electron chi connectivity index (χ1n) is 5.46. The summed E-state index contributed by atoms with van der Waals surface area (Å²) in [5.74, 6) is 0.336. The van der Waals surface area contributed by atoms with Crippen molar-refractivity contribution in [3.63, 3.8) is 0 Å². The summed E-state index contributed by atoms with van der Waals surface area (Å²) in [7, 11) is 1.34. The summed E-state index contributed by atoms with van der Waals surface area (Å²) in [6.07, 6.45) is 0. The van der Waals surface area contributed by atoms with Crippen LogP contribution in [-0.2, 0) is 9.53 Å². The van der Waals surface area contributed by atoms with Gasteiger partial charge in [0.05, 0.1) is 12.9 Å². The zero-order chi connectivity index (χ0) is 13.5. The summed E-state index contributed by atoms with van der Waals surface area (Å²) in [6.45, 7) is 5.56. The van der Waals surface area contributed by atoms with Gasteiger partial charge in [-0.3, -0.25) is 4.79 Å². The van der Waals surface area contributed by atoms with Crippen LogP contribution in [0.4, 0.5) is 5.95 Å². The Morgan fingerprint density at radius 1 is 1.33 bits per heavy atom. The lowest BCUT2D eigenvalue weighted by Gasteiger charge is -2.18. The molecule has 0 unspecified atom stereocenters. The molecule has 0 aromatic carbocycles. The number of thioether (sulfide) groups is 1. The van der Waals surface area contributed by atoms with E-state index in [1.165, 1.54) is 18.9 Å². The van der Waals surface area contributed by atoms with Crippen LogP contribution in [0.5, 0.6) is 0 Å². The molecule has 0 saturated heterocycles. The van der Waals surface area contributed by atoms with Crippen molar-refractivity contribution in [3.05, 3.63) is 5.28 Å². The maximum atomic E-state index is 11.0. The first kappa shape index (κ1) is 15.0. The molecular weight excluding hydrogens is 276 g/mol. The Morgan fingerprint density at radius 2 is 2.00 bits per heavy atom. The van der Waals surface area contributed by atoms with Gasteiger partial charge in [-0.25, -0.2) is 0 Å². The van der Waals surface area contributed by atoms with Crippen molar-refractivity contribution in [2.45, 2.75) is 19.0 Å². The Morgan fingerprint density at radius 3 is 2.56 bits per heavy atom. The van der Waals surface area contributed by atoms with Crippen LogP contribution in [0.25, 0.3) is 0 Å². The Kier molecular flexibility index (Phi) is 6.14. The van der Waals surface area contributed by atoms with E-state index >= 15 is 0 Å². The van der Waals surface area contributed by atoms with Crippen LogP contribution >= 0.6 is 23.4 Å². The zero-order valence-corrected chi connectivity index (χ0v) is 12.1. The van der Waals surface area contributed by atoms with Crippen molar-refractivity contribution in [1.82, 2.24) is 15.0 Å². The Labute approximate surface area is 115 Å². The van der Waals surface area contributed by atoms with E-state index in [9.17, 15) is 4.79 Å². The second-order valence-corrected chi connectivity index (χ2v) is 4.50. The van der Waals surface area contributed by atoms with Crippen LogP contribution in [0.3, 0.4) is 0 Å². The van der Waals surface area contributed by atoms with Gasteiger partial charge in [0.25, 0.3) is 0 Å². The number of rotatable bonds is 6. The van der Waals surface area contributed by atoms with Crippen molar-refractivity contribution in [2.75, 3.05) is 30.9 Å². The van der Waals surface area contributed by atoms with Gasteiger partial charge in [0, 0.05) is 13.1 Å². The lowest BCUT2D eigenvalue weighted by molar-refractivity contribution is -0.137. The fourth-order valence-electron chi connectivity index (χ4n) is 1.22. The second-order valence-electron chi connectivity index (χ2n) is 3.22. The third-order valence-electron chi connectivity index (χ3n) is 2.17. The molecule has 0 aliphatic rings. The van der Waals surface area contributed by atoms with Crippen molar-refractivity contribution in [3.8, 4) is 0 Å². The predicted octanol–water partition coefficient (Wildman–Crippen LogP) is 1.64. The summed E-state index contributed by atoms with van der Waals surface area (Å²) >= 11 is 7.01. The van der Waals surface area contributed by atoms with Gasteiger partial charge in [-0.15, -0.1) is 0 Å². The molecule has 1 rings (SSSR count). The van der Waals surface area contributed by atoms with Crippen molar-refractivity contribution < 1.29 is 9.53 Å². The maximum Gasteiger partial charge on any atom is 0.316 e.